The van der Waals surface area contributed by atoms with Crippen LogP contribution in [0, 0.1) is 13.8 Å². The summed E-state index contributed by atoms with van der Waals surface area (Å²) in [6, 6.07) is 19.3. The van der Waals surface area contributed by atoms with E-state index in [2.05, 4.69) is 10.3 Å². The van der Waals surface area contributed by atoms with Gasteiger partial charge in [0.1, 0.15) is 18.1 Å². The third kappa shape index (κ3) is 5.58. The van der Waals surface area contributed by atoms with Crippen LogP contribution in [0.15, 0.2) is 66.9 Å². The molecule has 0 saturated carbocycles. The van der Waals surface area contributed by atoms with Gasteiger partial charge in [-0.05, 0) is 54.8 Å². The SMILES string of the molecule is Cc1cccc(C)c1OCC(=O)NCc1ccc(OCc2ccccn2)cc1. The van der Waals surface area contributed by atoms with Gasteiger partial charge >= 0.3 is 0 Å². The number of hydrogen-bond donors (Lipinski definition) is 1. The van der Waals surface area contributed by atoms with Gasteiger partial charge in [0, 0.05) is 12.7 Å². The van der Waals surface area contributed by atoms with Gasteiger partial charge < -0.3 is 14.8 Å². The number of carbonyl (C=O) groups excluding carboxylic acids is 1. The zero-order valence-electron chi connectivity index (χ0n) is 16.1. The van der Waals surface area contributed by atoms with E-state index in [0.29, 0.717) is 13.2 Å². The van der Waals surface area contributed by atoms with Crippen LogP contribution in [0.4, 0.5) is 0 Å². The number of ether oxygens (including phenoxy) is 2. The monoisotopic (exact) mass is 376 g/mol. The van der Waals surface area contributed by atoms with E-state index in [-0.39, 0.29) is 12.5 Å². The second-order valence-corrected chi connectivity index (χ2v) is 6.54. The Balaban J connectivity index is 1.43. The number of nitrogens with one attached hydrogen (secondary N) is 1. The normalized spacial score (nSPS) is 10.4. The molecule has 0 aliphatic carbocycles. The van der Waals surface area contributed by atoms with Crippen LogP contribution >= 0.6 is 0 Å². The number of hydrogen-bond acceptors (Lipinski definition) is 4. The molecular weight excluding hydrogens is 352 g/mol. The van der Waals surface area contributed by atoms with Gasteiger partial charge in [-0.1, -0.05) is 36.4 Å². The summed E-state index contributed by atoms with van der Waals surface area (Å²) in [7, 11) is 0. The van der Waals surface area contributed by atoms with Gasteiger partial charge in [0.2, 0.25) is 0 Å². The lowest BCUT2D eigenvalue weighted by atomic mass is 10.1. The van der Waals surface area contributed by atoms with Crippen molar-refractivity contribution >= 4 is 5.91 Å². The third-order valence-corrected chi connectivity index (χ3v) is 4.28. The molecule has 0 bridgehead atoms. The lowest BCUT2D eigenvalue weighted by Gasteiger charge is -2.12. The Morgan fingerprint density at radius 2 is 1.68 bits per heavy atom. The number of carbonyl (C=O) groups is 1. The molecule has 0 saturated heterocycles. The average Bonchev–Trinajstić information content (AvgIpc) is 2.72. The Bertz CT molecular complexity index is 889. The lowest BCUT2D eigenvalue weighted by molar-refractivity contribution is -0.123. The van der Waals surface area contributed by atoms with Crippen LogP contribution in [0.5, 0.6) is 11.5 Å². The predicted octanol–water partition coefficient (Wildman–Crippen LogP) is 3.97. The summed E-state index contributed by atoms with van der Waals surface area (Å²) < 4.78 is 11.4. The quantitative estimate of drug-likeness (QED) is 0.646. The number of nitrogens with zero attached hydrogens (tertiary/aromatic N) is 1. The lowest BCUT2D eigenvalue weighted by Crippen LogP contribution is -2.28. The van der Waals surface area contributed by atoms with E-state index in [4.69, 9.17) is 9.47 Å². The summed E-state index contributed by atoms with van der Waals surface area (Å²) in [6.45, 7) is 4.80. The first-order valence-corrected chi connectivity index (χ1v) is 9.19. The Kier molecular flexibility index (Phi) is 6.63. The minimum Gasteiger partial charge on any atom is -0.487 e. The van der Waals surface area contributed by atoms with E-state index in [0.717, 1.165) is 33.9 Å². The second kappa shape index (κ2) is 9.55. The van der Waals surface area contributed by atoms with Crippen molar-refractivity contribution in [3.8, 4) is 11.5 Å². The molecule has 0 atom stereocenters. The van der Waals surface area contributed by atoms with E-state index < -0.39 is 0 Å². The average molecular weight is 376 g/mol. The molecule has 0 unspecified atom stereocenters. The number of aryl methyl sites for hydroxylation is 2. The molecule has 144 valence electrons. The highest BCUT2D eigenvalue weighted by atomic mass is 16.5. The van der Waals surface area contributed by atoms with Crippen LogP contribution in [-0.4, -0.2) is 17.5 Å². The fourth-order valence-electron chi connectivity index (χ4n) is 2.76. The van der Waals surface area contributed by atoms with Crippen molar-refractivity contribution in [3.63, 3.8) is 0 Å². The van der Waals surface area contributed by atoms with E-state index in [9.17, 15) is 4.79 Å². The van der Waals surface area contributed by atoms with Gasteiger partial charge in [0.05, 0.1) is 5.69 Å². The smallest absolute Gasteiger partial charge is 0.258 e. The van der Waals surface area contributed by atoms with Gasteiger partial charge in [-0.15, -0.1) is 0 Å². The van der Waals surface area contributed by atoms with E-state index in [1.807, 2.05) is 74.5 Å². The van der Waals surface area contributed by atoms with Crippen LogP contribution in [0.1, 0.15) is 22.4 Å². The van der Waals surface area contributed by atoms with Crippen molar-refractivity contribution in [1.82, 2.24) is 10.3 Å². The third-order valence-electron chi connectivity index (χ3n) is 4.28. The van der Waals surface area contributed by atoms with Gasteiger partial charge in [0.15, 0.2) is 6.61 Å². The number of rotatable bonds is 8. The number of aromatic nitrogens is 1. The molecule has 28 heavy (non-hydrogen) atoms. The zero-order valence-corrected chi connectivity index (χ0v) is 16.1. The Morgan fingerprint density at radius 3 is 2.36 bits per heavy atom. The molecule has 0 radical (unpaired) electrons. The molecule has 1 heterocycles. The molecule has 0 fully saturated rings. The van der Waals surface area contributed by atoms with Crippen molar-refractivity contribution in [3.05, 3.63) is 89.2 Å². The zero-order chi connectivity index (χ0) is 19.8. The first kappa shape index (κ1) is 19.4. The molecule has 3 aromatic rings. The largest absolute Gasteiger partial charge is 0.487 e. The minimum absolute atomic E-state index is 0.00301. The van der Waals surface area contributed by atoms with Crippen molar-refractivity contribution in [1.29, 1.82) is 0 Å². The molecule has 1 amide bonds. The van der Waals surface area contributed by atoms with Crippen molar-refractivity contribution < 1.29 is 14.3 Å². The molecule has 5 heteroatoms. The van der Waals surface area contributed by atoms with E-state index in [1.165, 1.54) is 0 Å². The summed E-state index contributed by atoms with van der Waals surface area (Å²) >= 11 is 0. The molecule has 1 aromatic heterocycles. The summed E-state index contributed by atoms with van der Waals surface area (Å²) in [4.78, 5) is 16.3. The number of pyridine rings is 1. The molecule has 0 aliphatic heterocycles. The molecule has 3 rings (SSSR count). The van der Waals surface area contributed by atoms with E-state index >= 15 is 0 Å². The molecular formula is C23H24N2O3. The summed E-state index contributed by atoms with van der Waals surface area (Å²) in [5, 5.41) is 2.87. The van der Waals surface area contributed by atoms with Crippen LogP contribution in [0.3, 0.4) is 0 Å². The highest BCUT2D eigenvalue weighted by molar-refractivity contribution is 5.77. The van der Waals surface area contributed by atoms with Crippen LogP contribution in [-0.2, 0) is 17.9 Å². The Morgan fingerprint density at radius 1 is 0.929 bits per heavy atom. The summed E-state index contributed by atoms with van der Waals surface area (Å²) in [5.41, 5.74) is 3.91. The van der Waals surface area contributed by atoms with Gasteiger partial charge in [-0.25, -0.2) is 0 Å². The molecule has 2 aromatic carbocycles. The van der Waals surface area contributed by atoms with Crippen LogP contribution in [0.25, 0.3) is 0 Å². The molecule has 0 aliphatic rings. The van der Waals surface area contributed by atoms with Crippen LogP contribution < -0.4 is 14.8 Å². The van der Waals surface area contributed by atoms with Gasteiger partial charge in [-0.2, -0.15) is 0 Å². The first-order valence-electron chi connectivity index (χ1n) is 9.19. The fourth-order valence-corrected chi connectivity index (χ4v) is 2.76. The Hall–Kier alpha value is -3.34. The molecule has 0 spiro atoms. The van der Waals surface area contributed by atoms with Crippen LogP contribution in [0.2, 0.25) is 0 Å². The molecule has 5 nitrogen and oxygen atoms in total. The minimum atomic E-state index is -0.155. The summed E-state index contributed by atoms with van der Waals surface area (Å²) in [5.74, 6) is 1.38. The number of benzene rings is 2. The first-order chi connectivity index (χ1) is 13.6. The fraction of sp³-hybridized carbons (Fsp3) is 0.217. The predicted molar refractivity (Wildman–Crippen MR) is 108 cm³/mol. The van der Waals surface area contributed by atoms with E-state index in [1.54, 1.807) is 6.20 Å². The maximum absolute atomic E-state index is 12.1. The molecule has 1 N–H and O–H groups in total. The highest BCUT2D eigenvalue weighted by Crippen LogP contribution is 2.22. The standard InChI is InChI=1S/C23H24N2O3/c1-17-6-5-7-18(2)23(17)28-16-22(26)25-14-19-9-11-21(12-10-19)27-15-20-8-3-4-13-24-20/h3-13H,14-16H2,1-2H3,(H,25,26). The second-order valence-electron chi connectivity index (χ2n) is 6.54. The van der Waals surface area contributed by atoms with Crippen molar-refractivity contribution in [2.24, 2.45) is 0 Å². The number of amides is 1. The Labute approximate surface area is 165 Å². The number of para-hydroxylation sites is 1. The van der Waals surface area contributed by atoms with Crippen molar-refractivity contribution in [2.75, 3.05) is 6.61 Å². The maximum atomic E-state index is 12.1. The topological polar surface area (TPSA) is 60.5 Å². The summed E-state index contributed by atoms with van der Waals surface area (Å²) in [6.07, 6.45) is 1.74. The maximum Gasteiger partial charge on any atom is 0.258 e. The van der Waals surface area contributed by atoms with Gasteiger partial charge in [-0.3, -0.25) is 9.78 Å². The van der Waals surface area contributed by atoms with Gasteiger partial charge in [0.25, 0.3) is 5.91 Å². The van der Waals surface area contributed by atoms with Crippen molar-refractivity contribution in [2.45, 2.75) is 27.0 Å². The highest BCUT2D eigenvalue weighted by Gasteiger charge is 2.07.